The van der Waals surface area contributed by atoms with Gasteiger partial charge in [-0.15, -0.1) is 0 Å². The molecule has 0 spiro atoms. The first-order chi connectivity index (χ1) is 7.21. The van der Waals surface area contributed by atoms with Gasteiger partial charge in [0.1, 0.15) is 0 Å². The molecule has 1 heterocycles. The van der Waals surface area contributed by atoms with E-state index in [0.717, 1.165) is 37.2 Å². The fraction of sp³-hybridized carbons (Fsp3) is 0.615. The van der Waals surface area contributed by atoms with Crippen LogP contribution in [0.4, 0.5) is 0 Å². The summed E-state index contributed by atoms with van der Waals surface area (Å²) in [5, 5.41) is 10.6. The summed E-state index contributed by atoms with van der Waals surface area (Å²) >= 11 is 0. The van der Waals surface area contributed by atoms with Crippen molar-refractivity contribution in [3.05, 3.63) is 30.1 Å². The SMILES string of the molecule is CC1CCCC(O)(c2cccnc2)CC1. The molecule has 2 unspecified atom stereocenters. The van der Waals surface area contributed by atoms with Crippen molar-refractivity contribution in [3.63, 3.8) is 0 Å². The van der Waals surface area contributed by atoms with Crippen molar-refractivity contribution in [1.29, 1.82) is 0 Å². The Hall–Kier alpha value is -0.890. The molecule has 1 fully saturated rings. The standard InChI is InChI=1S/C13H19NO/c1-11-4-2-7-13(15,8-6-11)12-5-3-9-14-10-12/h3,5,9-11,15H,2,4,6-8H2,1H3. The van der Waals surface area contributed by atoms with Crippen LogP contribution in [0, 0.1) is 5.92 Å². The third kappa shape index (κ3) is 2.37. The summed E-state index contributed by atoms with van der Waals surface area (Å²) < 4.78 is 0. The van der Waals surface area contributed by atoms with E-state index in [1.54, 1.807) is 12.4 Å². The van der Waals surface area contributed by atoms with Crippen LogP contribution in [0.2, 0.25) is 0 Å². The fourth-order valence-corrected chi connectivity index (χ4v) is 2.42. The van der Waals surface area contributed by atoms with E-state index >= 15 is 0 Å². The molecule has 1 aliphatic carbocycles. The van der Waals surface area contributed by atoms with Crippen LogP contribution in [0.5, 0.6) is 0 Å². The highest BCUT2D eigenvalue weighted by atomic mass is 16.3. The number of pyridine rings is 1. The second kappa shape index (κ2) is 4.31. The first-order valence-corrected chi connectivity index (χ1v) is 5.83. The molecule has 2 rings (SSSR count). The van der Waals surface area contributed by atoms with Gasteiger partial charge in [-0.25, -0.2) is 0 Å². The number of hydrogen-bond donors (Lipinski definition) is 1. The van der Waals surface area contributed by atoms with E-state index < -0.39 is 5.60 Å². The van der Waals surface area contributed by atoms with Crippen molar-refractivity contribution >= 4 is 0 Å². The molecule has 1 aromatic heterocycles. The maximum Gasteiger partial charge on any atom is 0.0911 e. The molecule has 1 aromatic rings. The molecule has 1 saturated carbocycles. The second-order valence-corrected chi connectivity index (χ2v) is 4.81. The van der Waals surface area contributed by atoms with Crippen molar-refractivity contribution in [1.82, 2.24) is 4.98 Å². The van der Waals surface area contributed by atoms with E-state index in [2.05, 4.69) is 11.9 Å². The minimum Gasteiger partial charge on any atom is -0.385 e. The third-order valence-electron chi connectivity index (χ3n) is 3.54. The Morgan fingerprint density at radius 2 is 2.27 bits per heavy atom. The number of aliphatic hydroxyl groups is 1. The second-order valence-electron chi connectivity index (χ2n) is 4.81. The monoisotopic (exact) mass is 205 g/mol. The molecule has 1 aliphatic rings. The smallest absolute Gasteiger partial charge is 0.0911 e. The Labute approximate surface area is 91.4 Å². The first kappa shape index (κ1) is 10.6. The average molecular weight is 205 g/mol. The molecule has 0 amide bonds. The molecule has 0 aromatic carbocycles. The zero-order valence-corrected chi connectivity index (χ0v) is 9.32. The summed E-state index contributed by atoms with van der Waals surface area (Å²) in [5.41, 5.74) is 0.359. The zero-order chi connectivity index (χ0) is 10.7. The lowest BCUT2D eigenvalue weighted by molar-refractivity contribution is 0.0195. The fourth-order valence-electron chi connectivity index (χ4n) is 2.42. The Balaban J connectivity index is 2.19. The molecular formula is C13H19NO. The average Bonchev–Trinajstić information content (AvgIpc) is 2.44. The van der Waals surface area contributed by atoms with Crippen molar-refractivity contribution < 1.29 is 5.11 Å². The molecule has 2 atom stereocenters. The van der Waals surface area contributed by atoms with Crippen LogP contribution in [-0.4, -0.2) is 10.1 Å². The zero-order valence-electron chi connectivity index (χ0n) is 9.32. The van der Waals surface area contributed by atoms with Crippen molar-refractivity contribution in [3.8, 4) is 0 Å². The van der Waals surface area contributed by atoms with Gasteiger partial charge in [-0.1, -0.05) is 19.4 Å². The lowest BCUT2D eigenvalue weighted by atomic mass is 9.87. The molecule has 1 N–H and O–H groups in total. The van der Waals surface area contributed by atoms with E-state index in [1.807, 2.05) is 12.1 Å². The lowest BCUT2D eigenvalue weighted by Crippen LogP contribution is -2.24. The normalized spacial score (nSPS) is 32.3. The maximum atomic E-state index is 10.6. The highest BCUT2D eigenvalue weighted by molar-refractivity contribution is 5.18. The summed E-state index contributed by atoms with van der Waals surface area (Å²) in [6.45, 7) is 2.27. The molecule has 0 bridgehead atoms. The number of hydrogen-bond acceptors (Lipinski definition) is 2. The summed E-state index contributed by atoms with van der Waals surface area (Å²) in [7, 11) is 0. The van der Waals surface area contributed by atoms with E-state index in [1.165, 1.54) is 6.42 Å². The Bertz CT molecular complexity index is 312. The molecule has 82 valence electrons. The van der Waals surface area contributed by atoms with Gasteiger partial charge in [0.2, 0.25) is 0 Å². The molecule has 2 heteroatoms. The van der Waals surface area contributed by atoms with Crippen LogP contribution < -0.4 is 0 Å². The Morgan fingerprint density at radius 3 is 3.00 bits per heavy atom. The first-order valence-electron chi connectivity index (χ1n) is 5.83. The van der Waals surface area contributed by atoms with E-state index in [9.17, 15) is 5.11 Å². The number of rotatable bonds is 1. The van der Waals surface area contributed by atoms with Gasteiger partial charge in [-0.3, -0.25) is 4.98 Å². The van der Waals surface area contributed by atoms with E-state index in [-0.39, 0.29) is 0 Å². The van der Waals surface area contributed by atoms with Crippen LogP contribution in [0.15, 0.2) is 24.5 Å². The number of nitrogens with zero attached hydrogens (tertiary/aromatic N) is 1. The molecule has 2 nitrogen and oxygen atoms in total. The summed E-state index contributed by atoms with van der Waals surface area (Å²) in [6.07, 6.45) is 8.78. The predicted molar refractivity (Wildman–Crippen MR) is 60.4 cm³/mol. The lowest BCUT2D eigenvalue weighted by Gasteiger charge is -2.26. The predicted octanol–water partition coefficient (Wildman–Crippen LogP) is 2.87. The number of aromatic nitrogens is 1. The summed E-state index contributed by atoms with van der Waals surface area (Å²) in [5.74, 6) is 0.746. The van der Waals surface area contributed by atoms with Crippen LogP contribution in [0.3, 0.4) is 0 Å². The maximum absolute atomic E-state index is 10.6. The Morgan fingerprint density at radius 1 is 1.40 bits per heavy atom. The van der Waals surface area contributed by atoms with Gasteiger partial charge in [0, 0.05) is 18.0 Å². The van der Waals surface area contributed by atoms with Crippen LogP contribution >= 0.6 is 0 Å². The van der Waals surface area contributed by atoms with Gasteiger partial charge in [0.15, 0.2) is 0 Å². The van der Waals surface area contributed by atoms with Crippen LogP contribution in [0.1, 0.15) is 44.6 Å². The van der Waals surface area contributed by atoms with Gasteiger partial charge in [0.05, 0.1) is 5.60 Å². The highest BCUT2D eigenvalue weighted by Gasteiger charge is 2.31. The molecule has 15 heavy (non-hydrogen) atoms. The quantitative estimate of drug-likeness (QED) is 0.715. The topological polar surface area (TPSA) is 33.1 Å². The van der Waals surface area contributed by atoms with E-state index in [0.29, 0.717) is 0 Å². The molecule has 0 aliphatic heterocycles. The summed E-state index contributed by atoms with van der Waals surface area (Å²) in [6, 6.07) is 3.89. The van der Waals surface area contributed by atoms with Crippen molar-refractivity contribution in [2.75, 3.05) is 0 Å². The molecule has 0 saturated heterocycles. The Kier molecular flexibility index (Phi) is 3.06. The summed E-state index contributed by atoms with van der Waals surface area (Å²) in [4.78, 5) is 4.09. The molecule has 0 radical (unpaired) electrons. The van der Waals surface area contributed by atoms with Crippen molar-refractivity contribution in [2.24, 2.45) is 5.92 Å². The van der Waals surface area contributed by atoms with Crippen LogP contribution in [-0.2, 0) is 5.60 Å². The van der Waals surface area contributed by atoms with Gasteiger partial charge in [-0.05, 0) is 37.7 Å². The third-order valence-corrected chi connectivity index (χ3v) is 3.54. The minimum atomic E-state index is -0.626. The van der Waals surface area contributed by atoms with Crippen LogP contribution in [0.25, 0.3) is 0 Å². The largest absolute Gasteiger partial charge is 0.385 e. The van der Waals surface area contributed by atoms with Gasteiger partial charge in [0.25, 0.3) is 0 Å². The minimum absolute atomic E-state index is 0.626. The van der Waals surface area contributed by atoms with Gasteiger partial charge < -0.3 is 5.11 Å². The highest BCUT2D eigenvalue weighted by Crippen LogP contribution is 2.37. The molecular weight excluding hydrogens is 186 g/mol. The van der Waals surface area contributed by atoms with Gasteiger partial charge in [-0.2, -0.15) is 0 Å². The van der Waals surface area contributed by atoms with Crippen molar-refractivity contribution in [2.45, 2.75) is 44.6 Å². The van der Waals surface area contributed by atoms with Gasteiger partial charge >= 0.3 is 0 Å². The van der Waals surface area contributed by atoms with E-state index in [4.69, 9.17) is 0 Å².